The van der Waals surface area contributed by atoms with Gasteiger partial charge in [0, 0.05) is 53.8 Å². The zero-order chi connectivity index (χ0) is 85.7. The van der Waals surface area contributed by atoms with Gasteiger partial charge in [0.2, 0.25) is 17.8 Å². The van der Waals surface area contributed by atoms with Gasteiger partial charge in [0.25, 0.3) is 16.7 Å². The van der Waals surface area contributed by atoms with Crippen molar-refractivity contribution in [3.05, 3.63) is 249 Å². The number of nitrogens with one attached hydrogen (secondary N) is 3. The number of rotatable bonds is 24. The molecule has 18 rings (SSSR count). The van der Waals surface area contributed by atoms with Gasteiger partial charge in [-0.3, -0.25) is 14.4 Å². The van der Waals surface area contributed by atoms with Gasteiger partial charge in [-0.25, -0.2) is 58.0 Å². The van der Waals surface area contributed by atoms with Gasteiger partial charge in [0.05, 0.1) is 36.7 Å². The van der Waals surface area contributed by atoms with E-state index in [1.807, 2.05) is 18.2 Å². The fourth-order valence-electron chi connectivity index (χ4n) is 19.0. The zero-order valence-electron chi connectivity index (χ0n) is 71.9. The molecule has 6 fully saturated rings. The minimum atomic E-state index is -1.14. The lowest BCUT2D eigenvalue weighted by Gasteiger charge is -2.34. The fraction of sp³-hybridized carbons (Fsp3) is 0.438. The van der Waals surface area contributed by atoms with Crippen LogP contribution >= 0.6 is 0 Å². The van der Waals surface area contributed by atoms with Crippen LogP contribution in [0.4, 0.5) is 34.9 Å². The standard InChI is InChI=1S/3C32H39N7O2/c3*1-4-18-38-30(40)26-21-33-31(36-29(26)39(38)28-9-7-8-27(35-28)32(2,3)41)34-24-14-10-22(11-15-24)23-12-16-25(17-13-23)37-19-5-6-20-37/h3*4,7-11,14-15,21,23,25,41H,1,5-6,12-13,16-20H2,2-3H3,(H,33,34,36). The van der Waals surface area contributed by atoms with Crippen LogP contribution in [0.15, 0.2) is 198 Å². The highest BCUT2D eigenvalue weighted by Gasteiger charge is 2.34. The summed E-state index contributed by atoms with van der Waals surface area (Å²) in [5.74, 6) is 4.44. The number of pyridine rings is 3. The molecule has 0 radical (unpaired) electrons. The first-order valence-electron chi connectivity index (χ1n) is 44.2. The molecule has 6 N–H and O–H groups in total. The van der Waals surface area contributed by atoms with Gasteiger partial charge in [-0.05, 0) is 304 Å². The number of fused-ring (bicyclic) bond motifs is 3. The Hall–Kier alpha value is -11.5. The van der Waals surface area contributed by atoms with Crippen LogP contribution in [0.5, 0.6) is 0 Å². The van der Waals surface area contributed by atoms with Crippen molar-refractivity contribution in [3.8, 4) is 17.5 Å². The first-order valence-corrected chi connectivity index (χ1v) is 44.2. The quantitative estimate of drug-likeness (QED) is 0.0306. The van der Waals surface area contributed by atoms with E-state index in [9.17, 15) is 29.7 Å². The van der Waals surface area contributed by atoms with Gasteiger partial charge in [0.15, 0.2) is 34.4 Å². The predicted molar refractivity (Wildman–Crippen MR) is 486 cm³/mol. The second-order valence-corrected chi connectivity index (χ2v) is 35.6. The summed E-state index contributed by atoms with van der Waals surface area (Å²) < 4.78 is 9.59. The lowest BCUT2D eigenvalue weighted by atomic mass is 9.81. The molecule has 9 aromatic heterocycles. The largest absolute Gasteiger partial charge is 0.384 e. The third kappa shape index (κ3) is 19.0. The molecule has 3 saturated carbocycles. The highest BCUT2D eigenvalue weighted by Crippen LogP contribution is 2.41. The van der Waals surface area contributed by atoms with E-state index < -0.39 is 16.8 Å². The fourth-order valence-corrected chi connectivity index (χ4v) is 19.0. The summed E-state index contributed by atoms with van der Waals surface area (Å²) in [6, 6.07) is 44.2. The normalized spacial score (nSPS) is 20.0. The number of aliphatic hydroxyl groups is 3. The van der Waals surface area contributed by atoms with Crippen molar-refractivity contribution in [2.75, 3.05) is 55.2 Å². The molecular weight excluding hydrogens is 1540 g/mol. The van der Waals surface area contributed by atoms with Gasteiger partial charge in [0.1, 0.15) is 33.0 Å². The number of aromatic nitrogens is 15. The molecule has 3 aliphatic heterocycles. The Balaban J connectivity index is 0.000000137. The van der Waals surface area contributed by atoms with Crippen LogP contribution in [0, 0.1) is 0 Å². The second kappa shape index (κ2) is 36.9. The van der Waals surface area contributed by atoms with E-state index in [0.717, 1.165) is 35.2 Å². The summed E-state index contributed by atoms with van der Waals surface area (Å²) in [5.41, 5.74) is 5.51. The van der Waals surface area contributed by atoms with Crippen LogP contribution in [-0.4, -0.2) is 160 Å². The van der Waals surface area contributed by atoms with E-state index in [2.05, 4.69) is 153 Å². The molecule has 0 atom stereocenters. The Morgan fingerprint density at radius 1 is 0.350 bits per heavy atom. The lowest BCUT2D eigenvalue weighted by molar-refractivity contribution is 0.0733. The number of benzene rings is 3. The van der Waals surface area contributed by atoms with Crippen LogP contribution < -0.4 is 32.6 Å². The topological polar surface area (TPSA) is 303 Å². The maximum Gasteiger partial charge on any atom is 0.278 e. The summed E-state index contributed by atoms with van der Waals surface area (Å²) in [5, 5.41) is 42.7. The minimum Gasteiger partial charge on any atom is -0.384 e. The first-order chi connectivity index (χ1) is 59.4. The molecule has 123 heavy (non-hydrogen) atoms. The van der Waals surface area contributed by atoms with Gasteiger partial charge < -0.3 is 46.0 Å². The summed E-state index contributed by atoms with van der Waals surface area (Å²) in [6.45, 7) is 30.0. The van der Waals surface area contributed by atoms with Crippen LogP contribution in [0.25, 0.3) is 50.6 Å². The van der Waals surface area contributed by atoms with Gasteiger partial charge >= 0.3 is 0 Å². The van der Waals surface area contributed by atoms with Crippen molar-refractivity contribution in [2.45, 2.75) is 229 Å². The summed E-state index contributed by atoms with van der Waals surface area (Å²) >= 11 is 0. The number of hydrogen-bond donors (Lipinski definition) is 6. The summed E-state index contributed by atoms with van der Waals surface area (Å²) in [4.78, 5) is 89.4. The Bertz CT molecular complexity index is 5330. The molecule has 3 saturated heterocycles. The third-order valence-corrected chi connectivity index (χ3v) is 25.6. The Labute approximate surface area is 718 Å². The Kier molecular flexibility index (Phi) is 25.5. The number of nitrogens with zero attached hydrogens (tertiary/aromatic N) is 18. The molecule has 27 nitrogen and oxygen atoms in total. The van der Waals surface area contributed by atoms with E-state index in [1.54, 1.807) is 129 Å². The molecule has 0 spiro atoms. The SMILES string of the molecule is C=CCn1c(=O)c2cnc(Nc3ccc(C4CCC(N5CCCC5)CC4)cc3)nc2n1-c1cccc(C(C)(C)O)n1.C=CCn1c(=O)c2cnc(Nc3ccc(C4CCC(N5CCCC5)CC4)cc3)nc2n1-c1cccc(C(C)(C)O)n1.C=CCn1c(=O)c2cnc(Nc3ccc(C4CCC(N5CCCC5)CC4)cc3)nc2n1-c1cccc(C(C)(C)O)n1. The first kappa shape index (κ1) is 85.1. The zero-order valence-corrected chi connectivity index (χ0v) is 71.9. The van der Waals surface area contributed by atoms with Crippen LogP contribution in [0.3, 0.4) is 0 Å². The summed E-state index contributed by atoms with van der Waals surface area (Å²) in [7, 11) is 0. The molecule has 3 aromatic carbocycles. The van der Waals surface area contributed by atoms with Crippen molar-refractivity contribution in [2.24, 2.45) is 0 Å². The lowest BCUT2D eigenvalue weighted by Crippen LogP contribution is -2.35. The van der Waals surface area contributed by atoms with Crippen LogP contribution in [0.1, 0.15) is 209 Å². The van der Waals surface area contributed by atoms with Crippen molar-refractivity contribution >= 4 is 68.0 Å². The van der Waals surface area contributed by atoms with Gasteiger partial charge in [-0.1, -0.05) is 72.8 Å². The summed E-state index contributed by atoms with van der Waals surface area (Å²) in [6.07, 6.45) is 33.0. The Morgan fingerprint density at radius 2 is 0.593 bits per heavy atom. The molecule has 12 aromatic rings. The Morgan fingerprint density at radius 3 is 0.821 bits per heavy atom. The maximum atomic E-state index is 13.3. The average Bonchev–Trinajstić information content (AvgIpc) is 1.61. The van der Waals surface area contributed by atoms with E-state index in [-0.39, 0.29) is 36.3 Å². The number of allylic oxidation sites excluding steroid dienone is 3. The third-order valence-electron chi connectivity index (χ3n) is 25.6. The van der Waals surface area contributed by atoms with Crippen molar-refractivity contribution < 1.29 is 15.3 Å². The number of anilines is 6. The van der Waals surface area contributed by atoms with E-state index in [4.69, 9.17) is 15.0 Å². The highest BCUT2D eigenvalue weighted by molar-refractivity contribution is 5.79. The van der Waals surface area contributed by atoms with Crippen LogP contribution in [-0.2, 0) is 36.4 Å². The molecule has 27 heteroatoms. The van der Waals surface area contributed by atoms with Crippen molar-refractivity contribution in [3.63, 3.8) is 0 Å². The number of likely N-dealkylation sites (tertiary alicyclic amines) is 3. The molecule has 0 amide bonds. The molecule has 3 aliphatic carbocycles. The second-order valence-electron chi connectivity index (χ2n) is 35.6. The highest BCUT2D eigenvalue weighted by atomic mass is 16.3. The van der Waals surface area contributed by atoms with Gasteiger partial charge in [-0.15, -0.1) is 19.7 Å². The smallest absolute Gasteiger partial charge is 0.278 e. The minimum absolute atomic E-state index is 0.231. The van der Waals surface area contributed by atoms with E-state index in [1.165, 1.54) is 186 Å². The van der Waals surface area contributed by atoms with Gasteiger partial charge in [-0.2, -0.15) is 15.0 Å². The molecule has 6 aliphatic rings. The van der Waals surface area contributed by atoms with E-state index in [0.29, 0.717) is 103 Å². The maximum absolute atomic E-state index is 13.3. The van der Waals surface area contributed by atoms with E-state index >= 15 is 0 Å². The predicted octanol–water partition coefficient (Wildman–Crippen LogP) is 15.8. The molecule has 12 heterocycles. The molecule has 0 unspecified atom stereocenters. The average molecular weight is 1660 g/mol. The van der Waals surface area contributed by atoms with Crippen molar-refractivity contribution in [1.82, 2.24) is 87.6 Å². The monoisotopic (exact) mass is 1660 g/mol. The van der Waals surface area contributed by atoms with Crippen LogP contribution in [0.2, 0.25) is 0 Å². The van der Waals surface area contributed by atoms with Crippen molar-refractivity contribution in [1.29, 1.82) is 0 Å². The molecule has 0 bridgehead atoms. The molecular formula is C96H117N21O6. The molecule has 642 valence electrons. The number of hydrogen-bond acceptors (Lipinski definition) is 21.